The molecule has 4 nitrogen and oxygen atoms in total. The van der Waals surface area contributed by atoms with Crippen LogP contribution in [0.15, 0.2) is 58.1 Å². The van der Waals surface area contributed by atoms with Crippen LogP contribution in [0.3, 0.4) is 0 Å². The van der Waals surface area contributed by atoms with E-state index in [1.165, 1.54) is 0 Å². The first-order valence-corrected chi connectivity index (χ1v) is 7.17. The van der Waals surface area contributed by atoms with Crippen LogP contribution in [0.25, 0.3) is 0 Å². The molecule has 0 fully saturated rings. The fourth-order valence-electron chi connectivity index (χ4n) is 1.76. The summed E-state index contributed by atoms with van der Waals surface area (Å²) in [6.07, 6.45) is 1.87. The molecule has 0 atom stereocenters. The number of halogens is 1. The highest BCUT2D eigenvalue weighted by Crippen LogP contribution is 2.25. The average Bonchev–Trinajstić information content (AvgIpc) is 2.48. The highest BCUT2D eigenvalue weighted by atomic mass is 79.9. The van der Waals surface area contributed by atoms with Crippen molar-refractivity contribution in [1.29, 1.82) is 0 Å². The van der Waals surface area contributed by atoms with Crippen LogP contribution < -0.4 is 10.2 Å². The normalized spacial score (nSPS) is 10.6. The van der Waals surface area contributed by atoms with Gasteiger partial charge >= 0.3 is 0 Å². The van der Waals surface area contributed by atoms with E-state index in [2.05, 4.69) is 26.5 Å². The molecular formula is C16H15BrN2O2. The Kier molecular flexibility index (Phi) is 5.51. The van der Waals surface area contributed by atoms with Crippen LogP contribution in [0.2, 0.25) is 0 Å². The Labute approximate surface area is 132 Å². The Hall–Kier alpha value is -2.14. The first-order valence-electron chi connectivity index (χ1n) is 6.38. The summed E-state index contributed by atoms with van der Waals surface area (Å²) >= 11 is 3.39. The zero-order valence-corrected chi connectivity index (χ0v) is 13.1. The highest BCUT2D eigenvalue weighted by Gasteiger charge is 2.05. The van der Waals surface area contributed by atoms with E-state index in [4.69, 9.17) is 4.74 Å². The number of hydrogen-bond acceptors (Lipinski definition) is 3. The molecular weight excluding hydrogens is 332 g/mol. The minimum atomic E-state index is -0.167. The Balaban J connectivity index is 1.90. The molecule has 1 N–H and O–H groups in total. The second-order valence-corrected chi connectivity index (χ2v) is 5.20. The molecule has 21 heavy (non-hydrogen) atoms. The molecule has 1 amide bonds. The molecule has 0 saturated carbocycles. The van der Waals surface area contributed by atoms with E-state index in [9.17, 15) is 4.79 Å². The van der Waals surface area contributed by atoms with E-state index in [1.807, 2.05) is 48.5 Å². The fraction of sp³-hybridized carbons (Fsp3) is 0.125. The zero-order valence-electron chi connectivity index (χ0n) is 11.5. The van der Waals surface area contributed by atoms with Crippen molar-refractivity contribution in [3.8, 4) is 5.75 Å². The van der Waals surface area contributed by atoms with E-state index in [1.54, 1.807) is 13.3 Å². The molecule has 0 aromatic heterocycles. The minimum absolute atomic E-state index is 0.167. The molecule has 0 radical (unpaired) electrons. The zero-order chi connectivity index (χ0) is 15.1. The fourth-order valence-corrected chi connectivity index (χ4v) is 2.35. The van der Waals surface area contributed by atoms with Gasteiger partial charge in [0.2, 0.25) is 5.91 Å². The van der Waals surface area contributed by atoms with Gasteiger partial charge in [-0.15, -0.1) is 0 Å². The molecule has 0 unspecified atom stereocenters. The number of nitrogens with one attached hydrogen (secondary N) is 1. The predicted octanol–water partition coefficient (Wildman–Crippen LogP) is 3.15. The third-order valence-electron chi connectivity index (χ3n) is 2.78. The summed E-state index contributed by atoms with van der Waals surface area (Å²) in [5.74, 6) is 0.570. The van der Waals surface area contributed by atoms with Gasteiger partial charge in [-0.3, -0.25) is 4.79 Å². The maximum Gasteiger partial charge on any atom is 0.244 e. The number of rotatable bonds is 5. The van der Waals surface area contributed by atoms with Crippen molar-refractivity contribution >= 4 is 28.1 Å². The van der Waals surface area contributed by atoms with Crippen molar-refractivity contribution in [2.24, 2.45) is 5.10 Å². The number of hydrogen-bond donors (Lipinski definition) is 1. The lowest BCUT2D eigenvalue weighted by Gasteiger charge is -2.05. The van der Waals surface area contributed by atoms with Crippen molar-refractivity contribution in [2.45, 2.75) is 6.42 Å². The number of benzene rings is 2. The van der Waals surface area contributed by atoms with Crippen molar-refractivity contribution in [3.05, 3.63) is 64.1 Å². The van der Waals surface area contributed by atoms with Crippen LogP contribution >= 0.6 is 15.9 Å². The first kappa shape index (κ1) is 15.3. The van der Waals surface area contributed by atoms with E-state index in [0.29, 0.717) is 0 Å². The van der Waals surface area contributed by atoms with Gasteiger partial charge in [-0.1, -0.05) is 36.4 Å². The Morgan fingerprint density at radius 1 is 1.29 bits per heavy atom. The maximum atomic E-state index is 11.8. The van der Waals surface area contributed by atoms with Gasteiger partial charge in [0, 0.05) is 0 Å². The second-order valence-electron chi connectivity index (χ2n) is 4.35. The summed E-state index contributed by atoms with van der Waals surface area (Å²) in [5, 5.41) is 3.93. The van der Waals surface area contributed by atoms with Crippen LogP contribution in [-0.2, 0) is 11.2 Å². The van der Waals surface area contributed by atoms with E-state index < -0.39 is 0 Å². The molecule has 0 heterocycles. The molecule has 0 aliphatic carbocycles. The maximum absolute atomic E-state index is 11.8. The summed E-state index contributed by atoms with van der Waals surface area (Å²) in [6, 6.07) is 15.1. The van der Waals surface area contributed by atoms with Gasteiger partial charge in [-0.2, -0.15) is 5.10 Å². The first-order chi connectivity index (χ1) is 10.2. The second kappa shape index (κ2) is 7.59. The highest BCUT2D eigenvalue weighted by molar-refractivity contribution is 9.10. The topological polar surface area (TPSA) is 50.7 Å². The van der Waals surface area contributed by atoms with Crippen LogP contribution in [0, 0.1) is 0 Å². The van der Waals surface area contributed by atoms with E-state index in [-0.39, 0.29) is 12.3 Å². The van der Waals surface area contributed by atoms with E-state index in [0.717, 1.165) is 21.3 Å². The third-order valence-corrected chi connectivity index (χ3v) is 3.40. The number of methoxy groups -OCH3 is 1. The molecule has 0 saturated heterocycles. The van der Waals surface area contributed by atoms with Gasteiger partial charge in [0.15, 0.2) is 0 Å². The molecule has 5 heteroatoms. The number of carbonyl (C=O) groups is 1. The molecule has 2 aromatic carbocycles. The lowest BCUT2D eigenvalue weighted by molar-refractivity contribution is -0.120. The van der Waals surface area contributed by atoms with Crippen molar-refractivity contribution in [2.75, 3.05) is 7.11 Å². The summed E-state index contributed by atoms with van der Waals surface area (Å²) in [4.78, 5) is 11.8. The average molecular weight is 347 g/mol. The van der Waals surface area contributed by atoms with Gasteiger partial charge in [0.05, 0.1) is 24.2 Å². The quantitative estimate of drug-likeness (QED) is 0.667. The molecule has 2 rings (SSSR count). The van der Waals surface area contributed by atoms with E-state index >= 15 is 0 Å². The molecule has 108 valence electrons. The van der Waals surface area contributed by atoms with Crippen LogP contribution in [-0.4, -0.2) is 19.2 Å². The summed E-state index contributed by atoms with van der Waals surface area (Å²) in [5.41, 5.74) is 4.33. The van der Waals surface area contributed by atoms with Crippen molar-refractivity contribution < 1.29 is 9.53 Å². The standard InChI is InChI=1S/C16H15BrN2O2/c1-21-15-8-7-13(9-14(15)17)10-16(20)19-18-11-12-5-3-2-4-6-12/h2-9,11H,10H2,1H3,(H,19,20)/b18-11+. The number of hydrazone groups is 1. The molecule has 2 aromatic rings. The predicted molar refractivity (Wildman–Crippen MR) is 86.6 cm³/mol. The number of carbonyl (C=O) groups excluding carboxylic acids is 1. The van der Waals surface area contributed by atoms with Crippen molar-refractivity contribution in [3.63, 3.8) is 0 Å². The van der Waals surface area contributed by atoms with Gasteiger partial charge < -0.3 is 4.74 Å². The monoisotopic (exact) mass is 346 g/mol. The SMILES string of the molecule is COc1ccc(CC(=O)N/N=C/c2ccccc2)cc1Br. The van der Waals surface area contributed by atoms with Crippen molar-refractivity contribution in [1.82, 2.24) is 5.43 Å². The van der Waals surface area contributed by atoms with Gasteiger partial charge in [0.25, 0.3) is 0 Å². The summed E-state index contributed by atoms with van der Waals surface area (Å²) in [6.45, 7) is 0. The Bertz CT molecular complexity index is 642. The number of nitrogens with zero attached hydrogens (tertiary/aromatic N) is 1. The largest absolute Gasteiger partial charge is 0.496 e. The number of amides is 1. The van der Waals surface area contributed by atoms with Gasteiger partial charge in [-0.05, 0) is 39.2 Å². The summed E-state index contributed by atoms with van der Waals surface area (Å²) < 4.78 is 5.97. The minimum Gasteiger partial charge on any atom is -0.496 e. The third kappa shape index (κ3) is 4.72. The Morgan fingerprint density at radius 2 is 2.05 bits per heavy atom. The van der Waals surface area contributed by atoms with Crippen LogP contribution in [0.4, 0.5) is 0 Å². The molecule has 0 bridgehead atoms. The van der Waals surface area contributed by atoms with Crippen LogP contribution in [0.1, 0.15) is 11.1 Å². The molecule has 0 aliphatic rings. The Morgan fingerprint density at radius 3 is 2.71 bits per heavy atom. The smallest absolute Gasteiger partial charge is 0.244 e. The van der Waals surface area contributed by atoms with Gasteiger partial charge in [-0.25, -0.2) is 5.43 Å². The van der Waals surface area contributed by atoms with Crippen LogP contribution in [0.5, 0.6) is 5.75 Å². The number of ether oxygens (including phenoxy) is 1. The van der Waals surface area contributed by atoms with Gasteiger partial charge in [0.1, 0.15) is 5.75 Å². The lowest BCUT2D eigenvalue weighted by Crippen LogP contribution is -2.19. The lowest BCUT2D eigenvalue weighted by atomic mass is 10.1. The molecule has 0 aliphatic heterocycles. The molecule has 0 spiro atoms. The summed E-state index contributed by atoms with van der Waals surface area (Å²) in [7, 11) is 1.60.